The van der Waals surface area contributed by atoms with Crippen LogP contribution in [0.25, 0.3) is 215 Å². The second-order valence-corrected chi connectivity index (χ2v) is 33.6. The largest absolute Gasteiger partial charge is 0.230 e. The molecule has 0 bridgehead atoms. The molecule has 6 atom stereocenters. The van der Waals surface area contributed by atoms with Gasteiger partial charge in [-0.2, -0.15) is 0 Å². The molecule has 4 nitrogen and oxygen atoms in total. The third-order valence-electron chi connectivity index (χ3n) is 25.1. The van der Waals surface area contributed by atoms with Gasteiger partial charge >= 0.3 is 0 Å². The molecule has 0 fully saturated rings. The van der Waals surface area contributed by atoms with E-state index in [2.05, 4.69) is 41.5 Å². The highest BCUT2D eigenvalue weighted by Crippen LogP contribution is 2.94. The van der Waals surface area contributed by atoms with Gasteiger partial charge in [0, 0.05) is 22.3 Å². The molecule has 11 aliphatic rings. The monoisotopic (exact) mass is 1210 g/mol. The van der Waals surface area contributed by atoms with Crippen molar-refractivity contribution in [3.8, 4) is 0 Å². The van der Waals surface area contributed by atoms with Gasteiger partial charge in [-0.3, -0.25) is 0 Å². The Labute approximate surface area is 454 Å². The second kappa shape index (κ2) is 7.56. The molecule has 0 radical (unpaired) electrons. The standard InChI is InChI=1S/C68H18Br4O4/c1-61(2,3)73-75-67-55-45-35-25-15-10-8-7-9-11(10)16-24-22-14(9)20-18-12(7)17-19-13(8)21-23(15)33(35)43-41-31(21)29(19)39-37-27(17)28(18)38-40-30(20)32(22)42-44-34(24)36(26(16)25)46(45)56(67)54(44)66(72)52(42)50(40)64(70)48(38)47(37)63(69)49(39)51(41)65(71,53(43)55)59-57(63)58(64)60(66)68(59,67)76-74-62(4,5)6/h1-6H3/t63-,64+,65-,66+,67?,68?. The lowest BCUT2D eigenvalue weighted by Crippen LogP contribution is -2.68. The molecule has 11 aliphatic carbocycles. The number of alkyl halides is 4. The van der Waals surface area contributed by atoms with Crippen molar-refractivity contribution in [1.82, 2.24) is 0 Å². The predicted octanol–water partition coefficient (Wildman–Crippen LogP) is 18.9. The molecule has 32 rings (SSSR count). The van der Waals surface area contributed by atoms with E-state index >= 15 is 0 Å². The molecule has 0 N–H and O–H groups in total. The summed E-state index contributed by atoms with van der Waals surface area (Å²) in [6.07, 6.45) is 0. The average Bonchev–Trinajstić information content (AvgIpc) is 1.40. The molecule has 0 saturated carbocycles. The molecule has 0 aromatic heterocycles. The number of hydrogen-bond acceptors (Lipinski definition) is 4. The Morgan fingerprint density at radius 2 is 0.395 bits per heavy atom. The Morgan fingerprint density at radius 1 is 0.224 bits per heavy atom. The fourth-order valence-electron chi connectivity index (χ4n) is 24.9. The van der Waals surface area contributed by atoms with E-state index in [0.717, 1.165) is 0 Å². The van der Waals surface area contributed by atoms with Gasteiger partial charge in [0.1, 0.15) is 17.3 Å². The summed E-state index contributed by atoms with van der Waals surface area (Å²) in [4.78, 5) is 31.2. The molecule has 21 aromatic rings. The smallest absolute Gasteiger partial charge is 0.195 e. The second-order valence-electron chi connectivity index (χ2n) is 28.8. The maximum absolute atomic E-state index is 8.29. The first-order valence-corrected chi connectivity index (χ1v) is 30.6. The number of rotatable bonds is 4. The summed E-state index contributed by atoms with van der Waals surface area (Å²) in [7, 11) is 0. The molecule has 342 valence electrons. The summed E-state index contributed by atoms with van der Waals surface area (Å²) < 4.78 is -3.15. The number of halogens is 4. The normalized spacial score (nSPS) is 31.2. The van der Waals surface area contributed by atoms with Crippen LogP contribution in [0.15, 0.2) is 22.3 Å². The molecular formula is C68H18Br4O4. The molecule has 76 heavy (non-hydrogen) atoms. The van der Waals surface area contributed by atoms with Crippen LogP contribution < -0.4 is 0 Å². The molecule has 0 aliphatic heterocycles. The van der Waals surface area contributed by atoms with Crippen LogP contribution in [-0.4, -0.2) is 16.8 Å². The number of allylic oxidation sites excluding steroid dienone is 2. The molecule has 0 spiro atoms. The molecule has 0 heterocycles. The van der Waals surface area contributed by atoms with Crippen molar-refractivity contribution in [2.75, 3.05) is 0 Å². The quantitative estimate of drug-likeness (QED) is 0.0762. The number of hydrogen-bond donors (Lipinski definition) is 0. The Bertz CT molecular complexity index is 6670. The molecule has 0 amide bonds. The van der Waals surface area contributed by atoms with E-state index in [9.17, 15) is 0 Å². The van der Waals surface area contributed by atoms with E-state index in [1.165, 1.54) is 229 Å². The summed E-state index contributed by atoms with van der Waals surface area (Å²) in [6, 6.07) is 0. The van der Waals surface area contributed by atoms with E-state index < -0.39 is 39.7 Å². The summed E-state index contributed by atoms with van der Waals surface area (Å²) in [5.74, 6) is 0. The van der Waals surface area contributed by atoms with Crippen LogP contribution in [0.4, 0.5) is 0 Å². The average molecular weight is 1220 g/mol. The lowest BCUT2D eigenvalue weighted by Gasteiger charge is -2.61. The molecule has 8 heteroatoms. The summed E-state index contributed by atoms with van der Waals surface area (Å²) in [5.41, 5.74) is 14.9. The van der Waals surface area contributed by atoms with Crippen LogP contribution in [0.5, 0.6) is 0 Å². The van der Waals surface area contributed by atoms with E-state index in [0.29, 0.717) is 0 Å². The fraction of sp³-hybridized carbons (Fsp3) is 0.206. The molecule has 21 aromatic carbocycles. The molecular weight excluding hydrogens is 1200 g/mol. The van der Waals surface area contributed by atoms with Crippen molar-refractivity contribution in [2.45, 2.75) is 81.2 Å². The van der Waals surface area contributed by atoms with E-state index in [1.807, 2.05) is 0 Å². The molecule has 0 saturated heterocycles. The van der Waals surface area contributed by atoms with Crippen molar-refractivity contribution in [2.24, 2.45) is 0 Å². The minimum absolute atomic E-state index is 0.683. The minimum atomic E-state index is -1.40. The first kappa shape index (κ1) is 33.9. The van der Waals surface area contributed by atoms with Crippen LogP contribution in [0.3, 0.4) is 0 Å². The zero-order valence-corrected chi connectivity index (χ0v) is 46.5. The Kier molecular flexibility index (Phi) is 3.37. The third kappa shape index (κ3) is 1.92. The first-order chi connectivity index (χ1) is 36.6. The Hall–Kier alpha value is -5.26. The van der Waals surface area contributed by atoms with Crippen molar-refractivity contribution in [3.63, 3.8) is 0 Å². The predicted molar refractivity (Wildman–Crippen MR) is 318 cm³/mol. The van der Waals surface area contributed by atoms with Gasteiger partial charge < -0.3 is 0 Å². The first-order valence-electron chi connectivity index (χ1n) is 27.4. The van der Waals surface area contributed by atoms with Crippen LogP contribution >= 0.6 is 63.7 Å². The fourth-order valence-corrected chi connectivity index (χ4v) is 29.9. The van der Waals surface area contributed by atoms with Crippen molar-refractivity contribution < 1.29 is 19.6 Å². The van der Waals surface area contributed by atoms with Crippen LogP contribution in [-0.2, 0) is 42.4 Å². The van der Waals surface area contributed by atoms with Crippen molar-refractivity contribution in [1.29, 1.82) is 0 Å². The summed E-state index contributed by atoms with van der Waals surface area (Å²) in [5, 5.41) is 60.4. The van der Waals surface area contributed by atoms with Crippen molar-refractivity contribution >= 4 is 279 Å². The number of benzene rings is 15. The highest BCUT2D eigenvalue weighted by Gasteiger charge is 2.88. The van der Waals surface area contributed by atoms with Crippen LogP contribution in [0.1, 0.15) is 97.2 Å². The van der Waals surface area contributed by atoms with Crippen molar-refractivity contribution in [3.05, 3.63) is 77.9 Å². The summed E-state index contributed by atoms with van der Waals surface area (Å²) in [6.45, 7) is 12.9. The lowest BCUT2D eigenvalue weighted by molar-refractivity contribution is -0.470. The lowest BCUT2D eigenvalue weighted by atomic mass is 9.51. The maximum atomic E-state index is 8.29. The summed E-state index contributed by atoms with van der Waals surface area (Å²) >= 11 is 20.7. The van der Waals surface area contributed by atoms with Gasteiger partial charge in [-0.15, -0.1) is 0 Å². The van der Waals surface area contributed by atoms with E-state index in [1.54, 1.807) is 64.6 Å². The zero-order chi connectivity index (χ0) is 48.0. The maximum Gasteiger partial charge on any atom is 0.195 e. The third-order valence-corrected chi connectivity index (χ3v) is 29.9. The topological polar surface area (TPSA) is 36.9 Å². The van der Waals surface area contributed by atoms with Gasteiger partial charge in [0.25, 0.3) is 0 Å². The Morgan fingerprint density at radius 3 is 0.618 bits per heavy atom. The minimum Gasteiger partial charge on any atom is -0.230 e. The van der Waals surface area contributed by atoms with Gasteiger partial charge in [0.2, 0.25) is 0 Å². The van der Waals surface area contributed by atoms with E-state index in [4.69, 9.17) is 83.3 Å². The van der Waals surface area contributed by atoms with Gasteiger partial charge in [-0.1, -0.05) is 63.7 Å². The SMILES string of the molecule is CC(C)(C)OOC12C3=C4C5=C1[C@]1(Br)c6c7c8c9c(c%10c%11c%12c(c%13c%14c%15c(c%16c%17c%18c(c1c1c6c6c8c8c%19c9c%11c9c%11c%12c%14c%12c%14c%15c%17c%15c%17c%18c1c1c6c8c6c(c%199)c(c%11%12)c(c%14%15)c6c1%17)[C@@]5%16Br)[C@@]4%13Br)[C@@]3%10Br)C72OOC(C)(C)C. The van der Waals surface area contributed by atoms with Crippen LogP contribution in [0.2, 0.25) is 0 Å². The van der Waals surface area contributed by atoms with E-state index in [-0.39, 0.29) is 0 Å². The zero-order valence-electron chi connectivity index (χ0n) is 40.1. The van der Waals surface area contributed by atoms with Gasteiger partial charge in [-0.05, 0) is 313 Å². The van der Waals surface area contributed by atoms with Gasteiger partial charge in [-0.25, -0.2) is 19.6 Å². The van der Waals surface area contributed by atoms with Gasteiger partial charge in [0.15, 0.2) is 11.2 Å². The van der Waals surface area contributed by atoms with Crippen LogP contribution in [0, 0.1) is 0 Å². The Balaban J connectivity index is 1.13. The van der Waals surface area contributed by atoms with Gasteiger partial charge in [0.05, 0.1) is 11.2 Å². The highest BCUT2D eigenvalue weighted by atomic mass is 79.9. The highest BCUT2D eigenvalue weighted by molar-refractivity contribution is 9.10. The molecule has 2 unspecified atom stereocenters.